The lowest BCUT2D eigenvalue weighted by Crippen LogP contribution is -2.19. The van der Waals surface area contributed by atoms with Crippen molar-refractivity contribution >= 4 is 34.8 Å². The van der Waals surface area contributed by atoms with Crippen molar-refractivity contribution in [1.29, 1.82) is 0 Å². The first kappa shape index (κ1) is 27.2. The van der Waals surface area contributed by atoms with Crippen molar-refractivity contribution in [2.75, 3.05) is 16.0 Å². The molecule has 3 amide bonds. The van der Waals surface area contributed by atoms with Gasteiger partial charge in [-0.1, -0.05) is 36.4 Å². The maximum atomic E-state index is 13.1. The van der Waals surface area contributed by atoms with Crippen LogP contribution in [0.5, 0.6) is 0 Å². The summed E-state index contributed by atoms with van der Waals surface area (Å²) < 4.78 is 0. The number of amides is 3. The van der Waals surface area contributed by atoms with E-state index in [1.165, 1.54) is 18.2 Å². The molecule has 198 valence electrons. The Hall–Kier alpha value is -4.83. The molecule has 9 nitrogen and oxygen atoms in total. The predicted molar refractivity (Wildman–Crippen MR) is 147 cm³/mol. The summed E-state index contributed by atoms with van der Waals surface area (Å²) in [6.45, 7) is -0.389. The fraction of sp³-hybridized carbons (Fsp3) is 0.100. The summed E-state index contributed by atoms with van der Waals surface area (Å²) in [5, 5.41) is 35.9. The van der Waals surface area contributed by atoms with Gasteiger partial charge in [0.25, 0.3) is 17.7 Å². The lowest BCUT2D eigenvalue weighted by atomic mass is 10.0. The molecule has 0 aliphatic rings. The summed E-state index contributed by atoms with van der Waals surface area (Å²) in [6, 6.07) is 24.0. The monoisotopic (exact) mass is 525 g/mol. The van der Waals surface area contributed by atoms with Gasteiger partial charge >= 0.3 is 0 Å². The quantitative estimate of drug-likeness (QED) is 0.195. The molecule has 0 atom stereocenters. The fourth-order valence-electron chi connectivity index (χ4n) is 3.71. The lowest BCUT2D eigenvalue weighted by molar-refractivity contribution is 0.102. The maximum Gasteiger partial charge on any atom is 0.255 e. The first-order chi connectivity index (χ1) is 18.9. The Labute approximate surface area is 224 Å². The Balaban J connectivity index is 1.62. The molecule has 4 rings (SSSR count). The highest BCUT2D eigenvalue weighted by atomic mass is 16.3. The lowest BCUT2D eigenvalue weighted by Gasteiger charge is -2.12. The molecule has 0 unspecified atom stereocenters. The number of benzene rings is 4. The Morgan fingerprint density at radius 3 is 0.872 bits per heavy atom. The highest BCUT2D eigenvalue weighted by Crippen LogP contribution is 2.19. The molecule has 4 aromatic carbocycles. The first-order valence-electron chi connectivity index (χ1n) is 12.1. The second kappa shape index (κ2) is 12.6. The van der Waals surface area contributed by atoms with Crippen molar-refractivity contribution in [2.24, 2.45) is 0 Å². The number of aliphatic hydroxyl groups excluding tert-OH is 3. The smallest absolute Gasteiger partial charge is 0.255 e. The van der Waals surface area contributed by atoms with Crippen LogP contribution in [0.25, 0.3) is 0 Å². The molecule has 0 saturated carbocycles. The van der Waals surface area contributed by atoms with E-state index in [0.717, 1.165) is 0 Å². The molecule has 39 heavy (non-hydrogen) atoms. The van der Waals surface area contributed by atoms with Gasteiger partial charge in [-0.15, -0.1) is 0 Å². The standard InChI is InChI=1S/C30H27N3O6/c34-16-19-1-7-25(8-2-19)31-28(37)22-13-23(29(38)32-26-9-3-20(17-35)4-10-26)15-24(14-22)30(39)33-27-11-5-21(18-36)6-12-27/h1-15,34-36H,16-18H2,(H,31,37)(H,32,38)(H,33,39). The van der Waals surface area contributed by atoms with Gasteiger partial charge in [0.05, 0.1) is 19.8 Å². The van der Waals surface area contributed by atoms with E-state index in [4.69, 9.17) is 0 Å². The molecule has 9 heteroatoms. The number of carbonyl (C=O) groups is 3. The molecule has 0 heterocycles. The molecular formula is C30H27N3O6. The summed E-state index contributed by atoms with van der Waals surface area (Å²) in [5.41, 5.74) is 3.75. The van der Waals surface area contributed by atoms with E-state index in [2.05, 4.69) is 16.0 Å². The van der Waals surface area contributed by atoms with E-state index in [9.17, 15) is 29.7 Å². The van der Waals surface area contributed by atoms with Gasteiger partial charge in [0, 0.05) is 33.8 Å². The largest absolute Gasteiger partial charge is 0.392 e. The number of nitrogens with one attached hydrogen (secondary N) is 3. The topological polar surface area (TPSA) is 148 Å². The van der Waals surface area contributed by atoms with Crippen LogP contribution in [-0.4, -0.2) is 33.0 Å². The number of hydrogen-bond donors (Lipinski definition) is 6. The Morgan fingerprint density at radius 1 is 0.436 bits per heavy atom. The molecule has 0 saturated heterocycles. The van der Waals surface area contributed by atoms with Gasteiger partial charge in [0.15, 0.2) is 0 Å². The van der Waals surface area contributed by atoms with Crippen LogP contribution in [0.2, 0.25) is 0 Å². The molecule has 0 spiro atoms. The second-order valence-electron chi connectivity index (χ2n) is 8.73. The molecule has 4 aromatic rings. The number of carbonyl (C=O) groups excluding carboxylic acids is 3. The third kappa shape index (κ3) is 7.14. The Kier molecular flexibility index (Phi) is 8.80. The van der Waals surface area contributed by atoms with Gasteiger partial charge in [-0.25, -0.2) is 0 Å². The molecule has 0 aliphatic heterocycles. The predicted octanol–water partition coefficient (Wildman–Crippen LogP) is 3.92. The number of anilines is 3. The van der Waals surface area contributed by atoms with Crippen LogP contribution in [0.4, 0.5) is 17.1 Å². The van der Waals surface area contributed by atoms with Crippen molar-refractivity contribution in [3.05, 3.63) is 124 Å². The van der Waals surface area contributed by atoms with Crippen molar-refractivity contribution < 1.29 is 29.7 Å². The SMILES string of the molecule is O=C(Nc1ccc(CO)cc1)c1cc(C(=O)Nc2ccc(CO)cc2)cc(C(=O)Nc2ccc(CO)cc2)c1. The molecule has 6 N–H and O–H groups in total. The zero-order valence-electron chi connectivity index (χ0n) is 20.8. The van der Waals surface area contributed by atoms with Crippen LogP contribution in [0.15, 0.2) is 91.0 Å². The molecule has 0 radical (unpaired) electrons. The van der Waals surface area contributed by atoms with Gasteiger partial charge in [0.2, 0.25) is 0 Å². The van der Waals surface area contributed by atoms with Crippen molar-refractivity contribution in [3.63, 3.8) is 0 Å². The molecule has 0 aromatic heterocycles. The van der Waals surface area contributed by atoms with Crippen molar-refractivity contribution in [2.45, 2.75) is 19.8 Å². The molecule has 0 fully saturated rings. The van der Waals surface area contributed by atoms with E-state index in [1.807, 2.05) is 0 Å². The highest BCUT2D eigenvalue weighted by molar-refractivity contribution is 6.12. The van der Waals surface area contributed by atoms with E-state index in [-0.39, 0.29) is 36.5 Å². The number of aliphatic hydroxyl groups is 3. The first-order valence-corrected chi connectivity index (χ1v) is 12.1. The van der Waals surface area contributed by atoms with Crippen LogP contribution in [0.1, 0.15) is 47.8 Å². The third-order valence-corrected chi connectivity index (χ3v) is 5.90. The molecular weight excluding hydrogens is 498 g/mol. The summed E-state index contributed by atoms with van der Waals surface area (Å²) in [5.74, 6) is -1.60. The van der Waals surface area contributed by atoms with Gasteiger partial charge in [-0.05, 0) is 71.3 Å². The summed E-state index contributed by atoms with van der Waals surface area (Å²) in [7, 11) is 0. The van der Waals surface area contributed by atoms with E-state index < -0.39 is 17.7 Å². The number of hydrogen-bond acceptors (Lipinski definition) is 6. The summed E-state index contributed by atoms with van der Waals surface area (Å²) in [4.78, 5) is 39.3. The van der Waals surface area contributed by atoms with Crippen molar-refractivity contribution in [3.8, 4) is 0 Å². The number of rotatable bonds is 9. The zero-order valence-corrected chi connectivity index (χ0v) is 20.8. The minimum atomic E-state index is -0.532. The molecule has 0 bridgehead atoms. The highest BCUT2D eigenvalue weighted by Gasteiger charge is 2.17. The van der Waals surface area contributed by atoms with Gasteiger partial charge in [0.1, 0.15) is 0 Å². The molecule has 0 aliphatic carbocycles. The van der Waals surface area contributed by atoms with Crippen LogP contribution in [0, 0.1) is 0 Å². The van der Waals surface area contributed by atoms with E-state index in [0.29, 0.717) is 33.8 Å². The third-order valence-electron chi connectivity index (χ3n) is 5.90. The minimum absolute atomic E-state index is 0.0882. The van der Waals surface area contributed by atoms with E-state index in [1.54, 1.807) is 72.8 Å². The average molecular weight is 526 g/mol. The summed E-state index contributed by atoms with van der Waals surface area (Å²) >= 11 is 0. The van der Waals surface area contributed by atoms with Gasteiger partial charge in [-0.2, -0.15) is 0 Å². The van der Waals surface area contributed by atoms with Crippen LogP contribution in [-0.2, 0) is 19.8 Å². The Bertz CT molecular complexity index is 1270. The van der Waals surface area contributed by atoms with Gasteiger partial charge in [-0.3, -0.25) is 14.4 Å². The second-order valence-corrected chi connectivity index (χ2v) is 8.73. The van der Waals surface area contributed by atoms with Crippen LogP contribution >= 0.6 is 0 Å². The van der Waals surface area contributed by atoms with E-state index >= 15 is 0 Å². The fourth-order valence-corrected chi connectivity index (χ4v) is 3.71. The summed E-state index contributed by atoms with van der Waals surface area (Å²) in [6.07, 6.45) is 0. The zero-order chi connectivity index (χ0) is 27.8. The Morgan fingerprint density at radius 2 is 0.667 bits per heavy atom. The minimum Gasteiger partial charge on any atom is -0.392 e. The normalized spacial score (nSPS) is 10.5. The van der Waals surface area contributed by atoms with Gasteiger partial charge < -0.3 is 31.3 Å². The van der Waals surface area contributed by atoms with Crippen molar-refractivity contribution in [1.82, 2.24) is 0 Å². The maximum absolute atomic E-state index is 13.1. The average Bonchev–Trinajstić information content (AvgIpc) is 2.98. The van der Waals surface area contributed by atoms with Crippen LogP contribution in [0.3, 0.4) is 0 Å². The van der Waals surface area contributed by atoms with Crippen LogP contribution < -0.4 is 16.0 Å².